The molecule has 4 aliphatic rings. The van der Waals surface area contributed by atoms with E-state index in [1.165, 1.54) is 37.1 Å². The molecule has 1 aromatic carbocycles. The van der Waals surface area contributed by atoms with Gasteiger partial charge in [0.25, 0.3) is 0 Å². The summed E-state index contributed by atoms with van der Waals surface area (Å²) in [6.07, 6.45) is 3.19. The smallest absolute Gasteiger partial charge is 0.227 e. The van der Waals surface area contributed by atoms with Crippen molar-refractivity contribution in [2.75, 3.05) is 0 Å². The second-order valence-corrected chi connectivity index (χ2v) is 7.40. The maximum Gasteiger partial charge on any atom is 0.227 e. The first-order valence-electron chi connectivity index (χ1n) is 8.43. The summed E-state index contributed by atoms with van der Waals surface area (Å²) in [7, 11) is 0. The van der Waals surface area contributed by atoms with Gasteiger partial charge in [0, 0.05) is 18.1 Å². The van der Waals surface area contributed by atoms with Gasteiger partial charge in [0.1, 0.15) is 5.76 Å². The molecule has 24 heavy (non-hydrogen) atoms. The molecule has 1 aromatic heterocycles. The maximum absolute atomic E-state index is 12.1. The van der Waals surface area contributed by atoms with Crippen LogP contribution in [0.2, 0.25) is 0 Å². The Labute approximate surface area is 138 Å². The number of rotatable bonds is 3. The van der Waals surface area contributed by atoms with Crippen LogP contribution in [0.4, 0.5) is 0 Å². The van der Waals surface area contributed by atoms with Gasteiger partial charge in [-0.05, 0) is 60.6 Å². The Hall–Kier alpha value is -2.43. The first-order chi connectivity index (χ1) is 11.5. The highest BCUT2D eigenvalue weighted by Gasteiger charge is 2.76. The zero-order chi connectivity index (χ0) is 16.6. The van der Waals surface area contributed by atoms with Crippen molar-refractivity contribution < 1.29 is 19.7 Å². The normalized spacial score (nSPS) is 32.2. The van der Waals surface area contributed by atoms with E-state index < -0.39 is 11.2 Å². The first-order valence-corrected chi connectivity index (χ1v) is 8.43. The zero-order valence-electron chi connectivity index (χ0n) is 13.0. The van der Waals surface area contributed by atoms with Gasteiger partial charge in [-0.25, -0.2) is 0 Å². The van der Waals surface area contributed by atoms with E-state index >= 15 is 0 Å². The van der Waals surface area contributed by atoms with Gasteiger partial charge in [0.2, 0.25) is 11.2 Å². The molecule has 4 saturated carbocycles. The fraction of sp³-hybridized carbons (Fsp3) is 0.421. The van der Waals surface area contributed by atoms with Crippen molar-refractivity contribution in [1.82, 2.24) is 0 Å². The van der Waals surface area contributed by atoms with Crippen molar-refractivity contribution >= 4 is 0 Å². The largest absolute Gasteiger partial charge is 0.504 e. The highest BCUT2D eigenvalue weighted by atomic mass is 16.4. The molecule has 0 saturated heterocycles. The van der Waals surface area contributed by atoms with Gasteiger partial charge in [-0.2, -0.15) is 0 Å². The molecule has 4 aliphatic carbocycles. The van der Waals surface area contributed by atoms with E-state index in [0.29, 0.717) is 17.2 Å². The highest BCUT2D eigenvalue weighted by Crippen LogP contribution is 2.80. The number of phenolic OH excluding ortho intramolecular Hbond substituents is 2. The van der Waals surface area contributed by atoms with Crippen LogP contribution >= 0.6 is 0 Å². The minimum absolute atomic E-state index is 0.0439. The predicted molar refractivity (Wildman–Crippen MR) is 85.8 cm³/mol. The fourth-order valence-corrected chi connectivity index (χ4v) is 4.84. The van der Waals surface area contributed by atoms with E-state index in [2.05, 4.69) is 0 Å². The molecule has 1 heterocycles. The molecule has 3 unspecified atom stereocenters. The monoisotopic (exact) mass is 326 g/mol. The van der Waals surface area contributed by atoms with Crippen molar-refractivity contribution in [2.45, 2.75) is 19.3 Å². The SMILES string of the molecule is O=c1cc(CC2CCC3C4C2C34)oc(-c2ccc(O)c(O)c2)c1O. The third kappa shape index (κ3) is 1.90. The molecule has 0 aliphatic heterocycles. The van der Waals surface area contributed by atoms with Gasteiger partial charge in [0.05, 0.1) is 0 Å². The topological polar surface area (TPSA) is 90.9 Å². The lowest BCUT2D eigenvalue weighted by molar-refractivity contribution is 0.218. The molecule has 0 radical (unpaired) electrons. The standard InChI is InChI=1S/C19H18O5/c20-12-4-2-9(6-13(12)21)19-18(23)14(22)7-10(24-19)5-8-1-3-11-16-15(8)17(11)16/h2,4,6-8,11,15-17,20-21,23H,1,3,5H2. The summed E-state index contributed by atoms with van der Waals surface area (Å²) in [6.45, 7) is 0. The minimum Gasteiger partial charge on any atom is -0.504 e. The van der Waals surface area contributed by atoms with Crippen LogP contribution in [0.3, 0.4) is 0 Å². The molecular weight excluding hydrogens is 308 g/mol. The number of hydrogen-bond donors (Lipinski definition) is 3. The van der Waals surface area contributed by atoms with E-state index in [0.717, 1.165) is 30.1 Å². The van der Waals surface area contributed by atoms with Gasteiger partial charge in [-0.1, -0.05) is 0 Å². The Balaban J connectivity index is 1.49. The van der Waals surface area contributed by atoms with Crippen LogP contribution in [0, 0.1) is 29.6 Å². The van der Waals surface area contributed by atoms with Crippen molar-refractivity contribution in [3.8, 4) is 28.6 Å². The Morgan fingerprint density at radius 3 is 2.50 bits per heavy atom. The van der Waals surface area contributed by atoms with Gasteiger partial charge in [-0.3, -0.25) is 4.79 Å². The molecule has 4 fully saturated rings. The average molecular weight is 326 g/mol. The third-order valence-electron chi connectivity index (χ3n) is 6.13. The molecule has 3 N–H and O–H groups in total. The average Bonchev–Trinajstić information content (AvgIpc) is 3.46. The van der Waals surface area contributed by atoms with E-state index in [1.54, 1.807) is 0 Å². The lowest BCUT2D eigenvalue weighted by Crippen LogP contribution is -2.22. The van der Waals surface area contributed by atoms with Crippen molar-refractivity contribution in [3.63, 3.8) is 0 Å². The molecule has 124 valence electrons. The molecule has 2 aromatic rings. The lowest BCUT2D eigenvalue weighted by Gasteiger charge is -2.28. The second kappa shape index (κ2) is 4.56. The Kier molecular flexibility index (Phi) is 2.65. The van der Waals surface area contributed by atoms with Gasteiger partial charge in [-0.15, -0.1) is 0 Å². The molecule has 3 atom stereocenters. The summed E-state index contributed by atoms with van der Waals surface area (Å²) in [5.74, 6) is 3.79. The molecule has 0 spiro atoms. The summed E-state index contributed by atoms with van der Waals surface area (Å²) in [5.41, 5.74) is -0.117. The third-order valence-corrected chi connectivity index (χ3v) is 6.13. The Morgan fingerprint density at radius 1 is 1.00 bits per heavy atom. The summed E-state index contributed by atoms with van der Waals surface area (Å²) < 4.78 is 5.80. The maximum atomic E-state index is 12.1. The summed E-state index contributed by atoms with van der Waals surface area (Å²) in [4.78, 5) is 12.1. The number of phenols is 2. The number of benzene rings is 1. The first kappa shape index (κ1) is 14.0. The molecule has 0 amide bonds. The van der Waals surface area contributed by atoms with Gasteiger partial charge < -0.3 is 19.7 Å². The van der Waals surface area contributed by atoms with Crippen LogP contribution in [0.15, 0.2) is 33.5 Å². The van der Waals surface area contributed by atoms with Crippen LogP contribution < -0.4 is 5.43 Å². The molecule has 6 rings (SSSR count). The molecular formula is C19H18O5. The van der Waals surface area contributed by atoms with Crippen LogP contribution in [0.1, 0.15) is 18.6 Å². The second-order valence-electron chi connectivity index (χ2n) is 7.40. The van der Waals surface area contributed by atoms with E-state index in [1.807, 2.05) is 0 Å². The molecule has 5 heteroatoms. The summed E-state index contributed by atoms with van der Waals surface area (Å²) in [5, 5.41) is 29.1. The zero-order valence-corrected chi connectivity index (χ0v) is 13.0. The van der Waals surface area contributed by atoms with E-state index in [4.69, 9.17) is 4.42 Å². The van der Waals surface area contributed by atoms with E-state index in [9.17, 15) is 20.1 Å². The molecule has 5 nitrogen and oxygen atoms in total. The summed E-state index contributed by atoms with van der Waals surface area (Å²) >= 11 is 0. The Bertz CT molecular complexity index is 889. The van der Waals surface area contributed by atoms with Crippen molar-refractivity contribution in [2.24, 2.45) is 29.6 Å². The highest BCUT2D eigenvalue weighted by molar-refractivity contribution is 5.67. The minimum atomic E-state index is -0.478. The number of aromatic hydroxyl groups is 3. The van der Waals surface area contributed by atoms with Crippen LogP contribution in [0.25, 0.3) is 11.3 Å². The van der Waals surface area contributed by atoms with Crippen LogP contribution in [-0.4, -0.2) is 15.3 Å². The number of hydrogen-bond acceptors (Lipinski definition) is 5. The van der Waals surface area contributed by atoms with Crippen LogP contribution in [0.5, 0.6) is 17.2 Å². The lowest BCUT2D eigenvalue weighted by atomic mass is 9.77. The van der Waals surface area contributed by atoms with Gasteiger partial charge in [0.15, 0.2) is 17.3 Å². The van der Waals surface area contributed by atoms with Gasteiger partial charge >= 0.3 is 0 Å². The van der Waals surface area contributed by atoms with E-state index in [-0.39, 0.29) is 17.3 Å². The van der Waals surface area contributed by atoms with Crippen LogP contribution in [-0.2, 0) is 6.42 Å². The molecule has 2 bridgehead atoms. The summed E-state index contributed by atoms with van der Waals surface area (Å²) in [6, 6.07) is 5.45. The fourth-order valence-electron chi connectivity index (χ4n) is 4.84. The predicted octanol–water partition coefficient (Wildman–Crippen LogP) is 2.87. The van der Waals surface area contributed by atoms with Crippen molar-refractivity contribution in [3.05, 3.63) is 40.2 Å². The number of fused-ring (bicyclic) bond motifs is 2. The van der Waals surface area contributed by atoms with Crippen molar-refractivity contribution in [1.29, 1.82) is 0 Å². The quantitative estimate of drug-likeness (QED) is 0.755. The Morgan fingerprint density at radius 2 is 1.79 bits per heavy atom.